The van der Waals surface area contributed by atoms with Gasteiger partial charge in [-0.1, -0.05) is 13.8 Å². The van der Waals surface area contributed by atoms with E-state index in [-0.39, 0.29) is 12.5 Å². The highest BCUT2D eigenvalue weighted by molar-refractivity contribution is 5.81. The summed E-state index contributed by atoms with van der Waals surface area (Å²) in [5, 5.41) is 26.4. The molecule has 1 aliphatic rings. The fraction of sp³-hybridized carbons (Fsp3) is 0.889. The van der Waals surface area contributed by atoms with E-state index < -0.39 is 5.60 Å². The van der Waals surface area contributed by atoms with Crippen LogP contribution in [0.5, 0.6) is 0 Å². The molecule has 0 spiro atoms. The van der Waals surface area contributed by atoms with Gasteiger partial charge in [0.05, 0.1) is 19.0 Å². The zero-order valence-electron chi connectivity index (χ0n) is 8.25. The molecule has 0 aromatic rings. The van der Waals surface area contributed by atoms with Crippen molar-refractivity contribution in [2.24, 2.45) is 5.92 Å². The van der Waals surface area contributed by atoms with Crippen molar-refractivity contribution in [3.05, 3.63) is 0 Å². The van der Waals surface area contributed by atoms with Crippen LogP contribution in [0.3, 0.4) is 0 Å². The standard InChI is InChI=1S/C9H18N2O2/c1-7(2)8(10)11-4-3-9(13,5-11)6-12/h7,10,12-13H,3-6H2,1-2H3. The minimum absolute atomic E-state index is 0.182. The maximum absolute atomic E-state index is 9.71. The zero-order valence-corrected chi connectivity index (χ0v) is 8.25. The van der Waals surface area contributed by atoms with Gasteiger partial charge in [0.25, 0.3) is 0 Å². The number of amidine groups is 1. The van der Waals surface area contributed by atoms with Crippen LogP contribution in [0.15, 0.2) is 0 Å². The first-order valence-corrected chi connectivity index (χ1v) is 4.65. The van der Waals surface area contributed by atoms with Gasteiger partial charge in [0, 0.05) is 12.5 Å². The molecule has 13 heavy (non-hydrogen) atoms. The molecule has 1 rings (SSSR count). The highest BCUT2D eigenvalue weighted by Gasteiger charge is 2.36. The van der Waals surface area contributed by atoms with Gasteiger partial charge in [-0.25, -0.2) is 0 Å². The first-order chi connectivity index (χ1) is 5.98. The summed E-state index contributed by atoms with van der Waals surface area (Å²) in [5.41, 5.74) is -0.985. The Morgan fingerprint density at radius 1 is 1.62 bits per heavy atom. The maximum Gasteiger partial charge on any atom is 0.107 e. The van der Waals surface area contributed by atoms with Gasteiger partial charge in [0.15, 0.2) is 0 Å². The molecule has 0 bridgehead atoms. The molecule has 4 nitrogen and oxygen atoms in total. The Balaban J connectivity index is 2.55. The van der Waals surface area contributed by atoms with Gasteiger partial charge in [-0.15, -0.1) is 0 Å². The van der Waals surface area contributed by atoms with E-state index in [0.29, 0.717) is 25.3 Å². The van der Waals surface area contributed by atoms with Crippen LogP contribution in [-0.4, -0.2) is 46.2 Å². The van der Waals surface area contributed by atoms with E-state index in [9.17, 15) is 5.11 Å². The normalized spacial score (nSPS) is 28.5. The maximum atomic E-state index is 9.71. The fourth-order valence-corrected chi connectivity index (χ4v) is 1.56. The van der Waals surface area contributed by atoms with Gasteiger partial charge in [-0.2, -0.15) is 0 Å². The number of aliphatic hydroxyl groups is 2. The first kappa shape index (κ1) is 10.5. The van der Waals surface area contributed by atoms with Crippen molar-refractivity contribution in [2.75, 3.05) is 19.7 Å². The number of nitrogens with zero attached hydrogens (tertiary/aromatic N) is 1. The lowest BCUT2D eigenvalue weighted by molar-refractivity contribution is -0.00159. The van der Waals surface area contributed by atoms with Gasteiger partial charge >= 0.3 is 0 Å². The number of β-amino-alcohol motifs (C(OH)–C–C–N with tert-alkyl or cyclic N) is 1. The quantitative estimate of drug-likeness (QED) is 0.421. The van der Waals surface area contributed by atoms with Crippen LogP contribution >= 0.6 is 0 Å². The molecule has 1 unspecified atom stereocenters. The number of aliphatic hydroxyl groups excluding tert-OH is 1. The predicted octanol–water partition coefficient (Wildman–Crippen LogP) is 0.0488. The number of hydrogen-bond acceptors (Lipinski definition) is 3. The van der Waals surface area contributed by atoms with Crippen LogP contribution < -0.4 is 0 Å². The number of nitrogens with one attached hydrogen (secondary N) is 1. The molecule has 1 fully saturated rings. The van der Waals surface area contributed by atoms with Gasteiger partial charge in [0.2, 0.25) is 0 Å². The summed E-state index contributed by atoms with van der Waals surface area (Å²) >= 11 is 0. The van der Waals surface area contributed by atoms with Crippen molar-refractivity contribution in [1.82, 2.24) is 4.90 Å². The summed E-state index contributed by atoms with van der Waals surface area (Å²) in [5.74, 6) is 0.727. The van der Waals surface area contributed by atoms with Crippen LogP contribution in [0.1, 0.15) is 20.3 Å². The summed E-state index contributed by atoms with van der Waals surface area (Å²) in [7, 11) is 0. The summed E-state index contributed by atoms with van der Waals surface area (Å²) in [6, 6.07) is 0. The summed E-state index contributed by atoms with van der Waals surface area (Å²) < 4.78 is 0. The van der Waals surface area contributed by atoms with Crippen LogP contribution in [-0.2, 0) is 0 Å². The summed E-state index contributed by atoms with van der Waals surface area (Å²) in [4.78, 5) is 1.83. The second kappa shape index (κ2) is 3.64. The second-order valence-electron chi connectivity index (χ2n) is 4.09. The molecule has 1 heterocycles. The SMILES string of the molecule is CC(C)C(=N)N1CCC(O)(CO)C1. The van der Waals surface area contributed by atoms with Gasteiger partial charge in [-0.05, 0) is 6.42 Å². The Bertz CT molecular complexity index is 206. The Hall–Kier alpha value is -0.610. The molecule has 0 saturated carbocycles. The Kier molecular flexibility index (Phi) is 2.93. The number of likely N-dealkylation sites (tertiary alicyclic amines) is 1. The van der Waals surface area contributed by atoms with Crippen LogP contribution in [0, 0.1) is 11.3 Å². The predicted molar refractivity (Wildman–Crippen MR) is 50.8 cm³/mol. The van der Waals surface area contributed by atoms with Crippen molar-refractivity contribution in [1.29, 1.82) is 5.41 Å². The molecule has 0 aliphatic carbocycles. The summed E-state index contributed by atoms with van der Waals surface area (Å²) in [6.45, 7) is 4.76. The lowest BCUT2D eigenvalue weighted by atomic mass is 10.1. The number of hydrogen-bond donors (Lipinski definition) is 3. The fourth-order valence-electron chi connectivity index (χ4n) is 1.56. The van der Waals surface area contributed by atoms with Crippen LogP contribution in [0.2, 0.25) is 0 Å². The number of rotatable bonds is 2. The van der Waals surface area contributed by atoms with E-state index in [1.165, 1.54) is 0 Å². The molecular formula is C9H18N2O2. The topological polar surface area (TPSA) is 67.6 Å². The highest BCUT2D eigenvalue weighted by atomic mass is 16.3. The van der Waals surface area contributed by atoms with E-state index >= 15 is 0 Å². The third-order valence-electron chi connectivity index (χ3n) is 2.51. The minimum Gasteiger partial charge on any atom is -0.393 e. The Morgan fingerprint density at radius 3 is 2.62 bits per heavy atom. The second-order valence-corrected chi connectivity index (χ2v) is 4.09. The van der Waals surface area contributed by atoms with Crippen LogP contribution in [0.4, 0.5) is 0 Å². The average Bonchev–Trinajstić information content (AvgIpc) is 2.47. The van der Waals surface area contributed by atoms with Gasteiger partial charge < -0.3 is 15.1 Å². The zero-order chi connectivity index (χ0) is 10.1. The third-order valence-corrected chi connectivity index (χ3v) is 2.51. The monoisotopic (exact) mass is 186 g/mol. The van der Waals surface area contributed by atoms with E-state index in [1.807, 2.05) is 18.7 Å². The van der Waals surface area contributed by atoms with E-state index in [0.717, 1.165) is 0 Å². The summed E-state index contributed by atoms with van der Waals surface area (Å²) in [6.07, 6.45) is 0.554. The average molecular weight is 186 g/mol. The molecule has 1 atom stereocenters. The molecule has 76 valence electrons. The molecule has 0 radical (unpaired) electrons. The highest BCUT2D eigenvalue weighted by Crippen LogP contribution is 2.21. The van der Waals surface area contributed by atoms with E-state index in [1.54, 1.807) is 0 Å². The van der Waals surface area contributed by atoms with Gasteiger partial charge in [0.1, 0.15) is 5.60 Å². The molecule has 1 saturated heterocycles. The lowest BCUT2D eigenvalue weighted by Crippen LogP contribution is -2.39. The van der Waals surface area contributed by atoms with Crippen molar-refractivity contribution in [3.8, 4) is 0 Å². The third kappa shape index (κ3) is 2.19. The largest absolute Gasteiger partial charge is 0.393 e. The molecule has 4 heteroatoms. The molecule has 0 amide bonds. The first-order valence-electron chi connectivity index (χ1n) is 4.65. The van der Waals surface area contributed by atoms with Crippen LogP contribution in [0.25, 0.3) is 0 Å². The smallest absolute Gasteiger partial charge is 0.107 e. The minimum atomic E-state index is -0.985. The van der Waals surface area contributed by atoms with Crippen molar-refractivity contribution in [2.45, 2.75) is 25.9 Å². The molecule has 1 aliphatic heterocycles. The van der Waals surface area contributed by atoms with Crippen molar-refractivity contribution >= 4 is 5.84 Å². The van der Waals surface area contributed by atoms with Gasteiger partial charge in [-0.3, -0.25) is 5.41 Å². The Labute approximate surface area is 78.7 Å². The molecule has 0 aromatic heterocycles. The molecule has 3 N–H and O–H groups in total. The molecular weight excluding hydrogens is 168 g/mol. The van der Waals surface area contributed by atoms with Crippen molar-refractivity contribution < 1.29 is 10.2 Å². The Morgan fingerprint density at radius 2 is 2.23 bits per heavy atom. The van der Waals surface area contributed by atoms with E-state index in [4.69, 9.17) is 10.5 Å². The van der Waals surface area contributed by atoms with Crippen molar-refractivity contribution in [3.63, 3.8) is 0 Å². The lowest BCUT2D eigenvalue weighted by Gasteiger charge is -2.24. The van der Waals surface area contributed by atoms with E-state index in [2.05, 4.69) is 0 Å². The molecule has 0 aromatic carbocycles.